The van der Waals surface area contributed by atoms with Crippen LogP contribution >= 0.6 is 0 Å². The first-order chi connectivity index (χ1) is 12.5. The molecule has 0 aromatic heterocycles. The maximum atomic E-state index is 11.9. The monoisotopic (exact) mass is 364 g/mol. The van der Waals surface area contributed by atoms with Crippen LogP contribution in [0.3, 0.4) is 0 Å². The Morgan fingerprint density at radius 3 is 2.50 bits per heavy atom. The summed E-state index contributed by atoms with van der Waals surface area (Å²) in [5, 5.41) is 4.29. The third-order valence-corrected chi connectivity index (χ3v) is 4.85. The van der Waals surface area contributed by atoms with Gasteiger partial charge in [-0.25, -0.2) is 14.5 Å². The van der Waals surface area contributed by atoms with Gasteiger partial charge in [-0.1, -0.05) is 45.7 Å². The molecule has 1 aromatic carbocycles. The van der Waals surface area contributed by atoms with Gasteiger partial charge in [-0.05, 0) is 55.2 Å². The van der Waals surface area contributed by atoms with Gasteiger partial charge < -0.3 is 4.74 Å². The van der Waals surface area contributed by atoms with Gasteiger partial charge in [0.25, 0.3) is 0 Å². The zero-order valence-corrected chi connectivity index (χ0v) is 15.7. The molecule has 0 heterocycles. The summed E-state index contributed by atoms with van der Waals surface area (Å²) in [6.45, 7) is 6.29. The number of hydrogen-bond donors (Lipinski definition) is 0. The van der Waals surface area contributed by atoms with Gasteiger partial charge in [0.05, 0.1) is 10.6 Å². The average Bonchev–Trinajstić information content (AvgIpc) is 2.63. The fourth-order valence-corrected chi connectivity index (χ4v) is 3.10. The van der Waals surface area contributed by atoms with Crippen molar-refractivity contribution in [3.63, 3.8) is 0 Å². The van der Waals surface area contributed by atoms with Crippen LogP contribution in [0.25, 0.3) is 0 Å². The predicted octanol–water partition coefficient (Wildman–Crippen LogP) is 5.01. The van der Waals surface area contributed by atoms with Crippen LogP contribution in [0.1, 0.15) is 68.8 Å². The summed E-state index contributed by atoms with van der Waals surface area (Å²) in [6, 6.07) is 7.04. The maximum Gasteiger partial charge on any atom is 0.543 e. The second-order valence-corrected chi connectivity index (χ2v) is 7.12. The average molecular weight is 364 g/mol. The van der Waals surface area contributed by atoms with Crippen LogP contribution in [0, 0.1) is 11.8 Å². The van der Waals surface area contributed by atoms with Crippen molar-refractivity contribution in [3.05, 3.63) is 35.4 Å². The molecule has 0 N–H and O–H groups in total. The summed E-state index contributed by atoms with van der Waals surface area (Å²) in [6.07, 6.45) is 4.89. The Morgan fingerprint density at radius 1 is 1.08 bits per heavy atom. The molecule has 0 amide bonds. The van der Waals surface area contributed by atoms with Gasteiger partial charge >= 0.3 is 12.1 Å². The van der Waals surface area contributed by atoms with Crippen molar-refractivity contribution in [1.82, 2.24) is 0 Å². The van der Waals surface area contributed by atoms with Crippen LogP contribution in [0.4, 0.5) is 4.79 Å². The molecule has 0 aliphatic heterocycles. The lowest BCUT2D eigenvalue weighted by Crippen LogP contribution is -2.31. The predicted molar refractivity (Wildman–Crippen MR) is 95.1 cm³/mol. The molecular formula is C20H28O6. The van der Waals surface area contributed by atoms with Crippen LogP contribution in [0.5, 0.6) is 0 Å². The summed E-state index contributed by atoms with van der Waals surface area (Å²) in [5.74, 6) is 0.0371. The lowest BCUT2D eigenvalue weighted by atomic mass is 9.82. The smallest absolute Gasteiger partial charge is 0.429 e. The number of unbranched alkanes of at least 4 members (excludes halogenated alkanes) is 1. The normalized spacial score (nSPS) is 22.5. The third kappa shape index (κ3) is 6.33. The van der Waals surface area contributed by atoms with Crippen molar-refractivity contribution in [2.75, 3.05) is 0 Å². The van der Waals surface area contributed by atoms with Crippen LogP contribution in [-0.4, -0.2) is 18.2 Å². The molecule has 1 aliphatic rings. The van der Waals surface area contributed by atoms with Gasteiger partial charge in [-0.2, -0.15) is 0 Å². The second kappa shape index (κ2) is 10.2. The highest BCUT2D eigenvalue weighted by atomic mass is 17.5. The molecule has 0 radical (unpaired) electrons. The molecule has 3 atom stereocenters. The Kier molecular flexibility index (Phi) is 7.91. The molecule has 144 valence electrons. The van der Waals surface area contributed by atoms with E-state index in [0.717, 1.165) is 44.1 Å². The van der Waals surface area contributed by atoms with E-state index >= 15 is 0 Å². The third-order valence-electron chi connectivity index (χ3n) is 4.85. The number of carbonyl (C=O) groups is 2. The molecule has 26 heavy (non-hydrogen) atoms. The molecule has 3 unspecified atom stereocenters. The Balaban J connectivity index is 1.71. The van der Waals surface area contributed by atoms with E-state index < -0.39 is 12.1 Å². The van der Waals surface area contributed by atoms with Gasteiger partial charge in [0.2, 0.25) is 0 Å². The zero-order chi connectivity index (χ0) is 18.9. The largest absolute Gasteiger partial charge is 0.543 e. The van der Waals surface area contributed by atoms with Crippen molar-refractivity contribution in [3.8, 4) is 0 Å². The molecule has 1 fully saturated rings. The van der Waals surface area contributed by atoms with Gasteiger partial charge in [0, 0.05) is 0 Å². The first-order valence-corrected chi connectivity index (χ1v) is 9.34. The highest BCUT2D eigenvalue weighted by molar-refractivity contribution is 5.88. The van der Waals surface area contributed by atoms with Gasteiger partial charge in [-0.3, -0.25) is 4.89 Å². The Bertz CT molecular complexity index is 582. The first kappa shape index (κ1) is 20.2. The molecule has 1 aromatic rings. The molecule has 0 spiro atoms. The standard InChI is InChI=1S/C20H28O6/c1-4-5-6-16-9-11-17(12-10-16)19(21)24-26-25-20(22)23-18-13-14(2)7-8-15(18)3/h9-12,14-15,18H,4-8,13H2,1-3H3. The minimum atomic E-state index is -1.00. The summed E-state index contributed by atoms with van der Waals surface area (Å²) in [5.41, 5.74) is 1.47. The fraction of sp³-hybridized carbons (Fsp3) is 0.600. The van der Waals surface area contributed by atoms with Crippen LogP contribution in [-0.2, 0) is 26.0 Å². The van der Waals surface area contributed by atoms with E-state index in [1.165, 1.54) is 0 Å². The van der Waals surface area contributed by atoms with Gasteiger partial charge in [0.15, 0.2) is 0 Å². The van der Waals surface area contributed by atoms with Crippen molar-refractivity contribution in [2.24, 2.45) is 11.8 Å². The fourth-order valence-electron chi connectivity index (χ4n) is 3.10. The Morgan fingerprint density at radius 2 is 1.81 bits per heavy atom. The summed E-state index contributed by atoms with van der Waals surface area (Å²) in [7, 11) is 0. The second-order valence-electron chi connectivity index (χ2n) is 7.12. The highest BCUT2D eigenvalue weighted by Gasteiger charge is 2.29. The lowest BCUT2D eigenvalue weighted by Gasteiger charge is -2.31. The van der Waals surface area contributed by atoms with Crippen molar-refractivity contribution in [1.29, 1.82) is 0 Å². The van der Waals surface area contributed by atoms with E-state index in [-0.39, 0.29) is 12.0 Å². The maximum absolute atomic E-state index is 11.9. The minimum absolute atomic E-state index is 0.207. The van der Waals surface area contributed by atoms with E-state index in [4.69, 9.17) is 4.74 Å². The van der Waals surface area contributed by atoms with Crippen molar-refractivity contribution < 1.29 is 29.1 Å². The highest BCUT2D eigenvalue weighted by Crippen LogP contribution is 2.30. The number of aryl methyl sites for hydroxylation is 1. The number of hydrogen-bond acceptors (Lipinski definition) is 6. The first-order valence-electron chi connectivity index (χ1n) is 9.34. The lowest BCUT2D eigenvalue weighted by molar-refractivity contribution is -0.453. The number of carbonyl (C=O) groups excluding carboxylic acids is 2. The summed E-state index contributed by atoms with van der Waals surface area (Å²) >= 11 is 0. The molecule has 1 saturated carbocycles. The van der Waals surface area contributed by atoms with E-state index in [1.54, 1.807) is 12.1 Å². The van der Waals surface area contributed by atoms with Crippen LogP contribution in [0.15, 0.2) is 24.3 Å². The molecule has 6 heteroatoms. The van der Waals surface area contributed by atoms with Crippen molar-refractivity contribution >= 4 is 12.1 Å². The summed E-state index contributed by atoms with van der Waals surface area (Å²) < 4.78 is 5.24. The molecule has 1 aliphatic carbocycles. The molecule has 0 saturated heterocycles. The Labute approximate surface area is 154 Å². The van der Waals surface area contributed by atoms with Crippen LogP contribution < -0.4 is 0 Å². The number of benzene rings is 1. The SMILES string of the molecule is CCCCc1ccc(C(=O)OOOC(=O)OC2CC(C)CCC2C)cc1. The quantitative estimate of drug-likeness (QED) is 0.385. The van der Waals surface area contributed by atoms with Gasteiger partial charge in [0.1, 0.15) is 6.10 Å². The van der Waals surface area contributed by atoms with Gasteiger partial charge in [-0.15, -0.1) is 0 Å². The minimum Gasteiger partial charge on any atom is -0.429 e. The molecular weight excluding hydrogens is 336 g/mol. The summed E-state index contributed by atoms with van der Waals surface area (Å²) in [4.78, 5) is 32.4. The molecule has 0 bridgehead atoms. The molecule has 6 nitrogen and oxygen atoms in total. The van der Waals surface area contributed by atoms with E-state index in [0.29, 0.717) is 11.5 Å². The zero-order valence-electron chi connectivity index (χ0n) is 15.7. The number of rotatable bonds is 7. The Hall–Kier alpha value is -2.08. The van der Waals surface area contributed by atoms with Crippen molar-refractivity contribution in [2.45, 2.75) is 65.4 Å². The van der Waals surface area contributed by atoms with E-state index in [9.17, 15) is 9.59 Å². The van der Waals surface area contributed by atoms with E-state index in [1.807, 2.05) is 19.1 Å². The number of ether oxygens (including phenoxy) is 1. The topological polar surface area (TPSA) is 71.1 Å². The molecule has 2 rings (SSSR count). The van der Waals surface area contributed by atoms with E-state index in [2.05, 4.69) is 28.7 Å². The van der Waals surface area contributed by atoms with Crippen LogP contribution in [0.2, 0.25) is 0 Å².